The highest BCUT2D eigenvalue weighted by molar-refractivity contribution is 6.00. The van der Waals surface area contributed by atoms with E-state index in [2.05, 4.69) is 10.3 Å². The van der Waals surface area contributed by atoms with Crippen LogP contribution in [0.25, 0.3) is 0 Å². The van der Waals surface area contributed by atoms with E-state index in [4.69, 9.17) is 15.6 Å². The summed E-state index contributed by atoms with van der Waals surface area (Å²) in [4.78, 5) is 36.0. The highest BCUT2D eigenvalue weighted by Crippen LogP contribution is 2.41. The molecule has 1 atom stereocenters. The first-order chi connectivity index (χ1) is 19.0. The molecule has 2 aromatic carbocycles. The van der Waals surface area contributed by atoms with Crippen LogP contribution in [0, 0.1) is 11.8 Å². The molecule has 9 heteroatoms. The Morgan fingerprint density at radius 1 is 1.10 bits per heavy atom. The molecule has 2 aromatic rings. The molecule has 2 amide bonds. The van der Waals surface area contributed by atoms with Crippen molar-refractivity contribution in [2.45, 2.75) is 32.3 Å². The van der Waals surface area contributed by atoms with Crippen LogP contribution in [0.4, 0.5) is 0 Å². The number of amidine groups is 1. The Morgan fingerprint density at radius 2 is 1.92 bits per heavy atom. The molecule has 1 unspecified atom stereocenters. The third-order valence-electron chi connectivity index (χ3n) is 7.98. The maximum absolute atomic E-state index is 13.1. The fraction of sp³-hybridized carbons (Fsp3) is 0.333. The lowest BCUT2D eigenvalue weighted by Gasteiger charge is -2.33. The fourth-order valence-electron chi connectivity index (χ4n) is 5.87. The summed E-state index contributed by atoms with van der Waals surface area (Å²) < 4.78 is 6.03. The van der Waals surface area contributed by atoms with Crippen LogP contribution in [0.1, 0.15) is 36.8 Å². The molecule has 0 aromatic heterocycles. The van der Waals surface area contributed by atoms with Crippen molar-refractivity contribution in [3.05, 3.63) is 89.5 Å². The number of nitrogens with one attached hydrogen (secondary N) is 1. The van der Waals surface area contributed by atoms with E-state index < -0.39 is 0 Å². The van der Waals surface area contributed by atoms with Crippen molar-refractivity contribution in [1.29, 1.82) is 0 Å². The van der Waals surface area contributed by atoms with Gasteiger partial charge in [-0.05, 0) is 49.4 Å². The number of ether oxygens (including phenoxy) is 1. The highest BCUT2D eigenvalue weighted by atomic mass is 16.5. The molecule has 3 heterocycles. The van der Waals surface area contributed by atoms with Crippen molar-refractivity contribution in [2.75, 3.05) is 19.6 Å². The molecule has 2 fully saturated rings. The molecule has 9 nitrogen and oxygen atoms in total. The third-order valence-corrected chi connectivity index (χ3v) is 7.98. The van der Waals surface area contributed by atoms with Crippen molar-refractivity contribution in [2.24, 2.45) is 27.7 Å². The molecule has 0 bridgehead atoms. The Labute approximate surface area is 227 Å². The van der Waals surface area contributed by atoms with Gasteiger partial charge in [0.05, 0.1) is 24.5 Å². The van der Waals surface area contributed by atoms with Gasteiger partial charge < -0.3 is 15.0 Å². The Bertz CT molecular complexity index is 1390. The number of aliphatic imine (C=N–C) groups is 2. The SMILES string of the molecule is N[N+]12C=CN=CC1=C(C1CCC(C(=O)N3CCNC(=O)C3)CC1)N=C2c1cccc(OCc2ccccc2)c1. The van der Waals surface area contributed by atoms with Gasteiger partial charge in [-0.2, -0.15) is 10.8 Å². The molecule has 39 heavy (non-hydrogen) atoms. The van der Waals surface area contributed by atoms with Gasteiger partial charge in [0.25, 0.3) is 5.84 Å². The standard InChI is InChI=1S/C30H32N6O3/c31-36-16-14-32-18-26(36)28(22-9-11-23(12-10-22)30(38)35-15-13-33-27(37)19-35)34-29(36)24-7-4-8-25(17-24)39-20-21-5-2-1-3-6-21/h1-8,14,16-18,22-23H,9-13,15,19-20,31H2/p+1. The second kappa shape index (κ2) is 10.6. The molecule has 1 saturated carbocycles. The van der Waals surface area contributed by atoms with Gasteiger partial charge in [0.2, 0.25) is 17.5 Å². The predicted octanol–water partition coefficient (Wildman–Crippen LogP) is 3.25. The first kappa shape index (κ1) is 25.2. The summed E-state index contributed by atoms with van der Waals surface area (Å²) in [6, 6.07) is 18.0. The van der Waals surface area contributed by atoms with Crippen molar-refractivity contribution in [3.63, 3.8) is 0 Å². The van der Waals surface area contributed by atoms with Crippen LogP contribution in [0.2, 0.25) is 0 Å². The lowest BCUT2D eigenvalue weighted by Crippen LogP contribution is -2.53. The number of fused-ring (bicyclic) bond motifs is 1. The first-order valence-corrected chi connectivity index (χ1v) is 13.6. The molecule has 0 radical (unpaired) electrons. The molecule has 1 saturated heterocycles. The summed E-state index contributed by atoms with van der Waals surface area (Å²) in [5.74, 6) is 8.58. The number of carbonyl (C=O) groups is 2. The second-order valence-corrected chi connectivity index (χ2v) is 10.5. The number of allylic oxidation sites excluding steroid dienone is 2. The third kappa shape index (κ3) is 5.03. The second-order valence-electron chi connectivity index (χ2n) is 10.5. The van der Waals surface area contributed by atoms with Crippen LogP contribution in [0.15, 0.2) is 88.4 Å². The Balaban J connectivity index is 1.19. The summed E-state index contributed by atoms with van der Waals surface area (Å²) in [7, 11) is 0. The van der Waals surface area contributed by atoms with Crippen LogP contribution in [-0.2, 0) is 16.2 Å². The molecular weight excluding hydrogens is 492 g/mol. The van der Waals surface area contributed by atoms with Crippen molar-refractivity contribution >= 4 is 23.9 Å². The molecular formula is C30H33N6O3+. The van der Waals surface area contributed by atoms with E-state index in [-0.39, 0.29) is 34.8 Å². The van der Waals surface area contributed by atoms with Crippen molar-refractivity contribution < 1.29 is 18.9 Å². The average molecular weight is 526 g/mol. The number of piperazine rings is 1. The lowest BCUT2D eigenvalue weighted by atomic mass is 9.79. The molecule has 3 N–H and O–H groups in total. The zero-order chi connectivity index (χ0) is 26.8. The number of nitrogens with two attached hydrogens (primary N) is 1. The van der Waals surface area contributed by atoms with E-state index in [0.717, 1.165) is 59.8 Å². The van der Waals surface area contributed by atoms with Crippen LogP contribution < -0.4 is 15.9 Å². The van der Waals surface area contributed by atoms with Crippen LogP contribution in [0.3, 0.4) is 0 Å². The zero-order valence-electron chi connectivity index (χ0n) is 21.8. The maximum Gasteiger partial charge on any atom is 0.265 e. The minimum Gasteiger partial charge on any atom is -0.489 e. The van der Waals surface area contributed by atoms with Gasteiger partial charge in [-0.15, -0.1) is 4.59 Å². The van der Waals surface area contributed by atoms with Crippen LogP contribution >= 0.6 is 0 Å². The normalized spacial score (nSPS) is 26.2. The van der Waals surface area contributed by atoms with Crippen molar-refractivity contribution in [1.82, 2.24) is 10.2 Å². The molecule has 3 aliphatic heterocycles. The minimum atomic E-state index is -0.0840. The van der Waals surface area contributed by atoms with Crippen LogP contribution in [-0.4, -0.2) is 53.0 Å². The summed E-state index contributed by atoms with van der Waals surface area (Å²) in [6.07, 6.45) is 8.59. The molecule has 0 spiro atoms. The number of hydrogen-bond acceptors (Lipinski definition) is 6. The predicted molar refractivity (Wildman–Crippen MR) is 148 cm³/mol. The number of carbonyl (C=O) groups excluding carboxylic acids is 2. The van der Waals surface area contributed by atoms with Crippen molar-refractivity contribution in [3.8, 4) is 5.75 Å². The van der Waals surface area contributed by atoms with Gasteiger partial charge in [0, 0.05) is 24.9 Å². The Morgan fingerprint density at radius 3 is 2.72 bits per heavy atom. The van der Waals surface area contributed by atoms with E-state index in [1.54, 1.807) is 11.1 Å². The monoisotopic (exact) mass is 525 g/mol. The summed E-state index contributed by atoms with van der Waals surface area (Å²) in [6.45, 7) is 1.74. The van der Waals surface area contributed by atoms with E-state index in [0.29, 0.717) is 19.7 Å². The Kier molecular flexibility index (Phi) is 6.85. The largest absolute Gasteiger partial charge is 0.489 e. The topological polar surface area (TPSA) is 109 Å². The fourth-order valence-corrected chi connectivity index (χ4v) is 5.87. The quantitative estimate of drug-likeness (QED) is 0.446. The van der Waals surface area contributed by atoms with Gasteiger partial charge in [-0.1, -0.05) is 36.4 Å². The molecule has 200 valence electrons. The van der Waals surface area contributed by atoms with Gasteiger partial charge in [0.1, 0.15) is 24.3 Å². The van der Waals surface area contributed by atoms with Crippen LogP contribution in [0.5, 0.6) is 5.75 Å². The number of nitrogens with zero attached hydrogens (tertiary/aromatic N) is 4. The number of benzene rings is 2. The minimum absolute atomic E-state index is 0.0390. The maximum atomic E-state index is 13.1. The van der Waals surface area contributed by atoms with Gasteiger partial charge in [0.15, 0.2) is 0 Å². The molecule has 6 rings (SSSR count). The smallest absolute Gasteiger partial charge is 0.265 e. The van der Waals surface area contributed by atoms with E-state index in [1.807, 2.05) is 67.0 Å². The summed E-state index contributed by atoms with van der Waals surface area (Å²) in [5.41, 5.74) is 3.80. The lowest BCUT2D eigenvalue weighted by molar-refractivity contribution is -0.750. The number of hydrogen-bond donors (Lipinski definition) is 2. The zero-order valence-corrected chi connectivity index (χ0v) is 21.8. The summed E-state index contributed by atoms with van der Waals surface area (Å²) >= 11 is 0. The molecule has 4 aliphatic rings. The number of amides is 2. The Hall–Kier alpha value is -4.08. The number of rotatable bonds is 6. The van der Waals surface area contributed by atoms with E-state index in [1.165, 1.54) is 0 Å². The van der Waals surface area contributed by atoms with E-state index in [9.17, 15) is 9.59 Å². The van der Waals surface area contributed by atoms with Gasteiger partial charge in [-0.25, -0.2) is 0 Å². The summed E-state index contributed by atoms with van der Waals surface area (Å²) in [5, 5.41) is 2.79. The first-order valence-electron chi connectivity index (χ1n) is 13.6. The number of quaternary nitrogens is 1. The highest BCUT2D eigenvalue weighted by Gasteiger charge is 2.46. The van der Waals surface area contributed by atoms with Gasteiger partial charge in [-0.3, -0.25) is 14.6 Å². The average Bonchev–Trinajstić information content (AvgIpc) is 3.29. The van der Waals surface area contributed by atoms with Gasteiger partial charge >= 0.3 is 0 Å². The van der Waals surface area contributed by atoms with E-state index >= 15 is 0 Å². The molecule has 1 aliphatic carbocycles.